The van der Waals surface area contributed by atoms with Crippen molar-refractivity contribution in [2.24, 2.45) is 5.73 Å². The number of nitrogens with two attached hydrogens (primary N) is 1. The summed E-state index contributed by atoms with van der Waals surface area (Å²) in [5.74, 6) is 0.608. The van der Waals surface area contributed by atoms with Crippen molar-refractivity contribution in [2.75, 3.05) is 18.7 Å². The van der Waals surface area contributed by atoms with Crippen LogP contribution in [0.3, 0.4) is 0 Å². The fourth-order valence-corrected chi connectivity index (χ4v) is 3.70. The van der Waals surface area contributed by atoms with Gasteiger partial charge in [0.05, 0.1) is 5.88 Å². The van der Waals surface area contributed by atoms with Gasteiger partial charge in [-0.25, -0.2) is 0 Å². The van der Waals surface area contributed by atoms with Crippen LogP contribution in [0, 0.1) is 0 Å². The molecule has 0 unspecified atom stereocenters. The van der Waals surface area contributed by atoms with Gasteiger partial charge >= 0.3 is 0 Å². The molecule has 0 aliphatic carbocycles. The number of primary amides is 1. The number of nitrogens with zero attached hydrogens (tertiary/aromatic N) is 2. The monoisotopic (exact) mass is 335 g/mol. The Kier molecular flexibility index (Phi) is 5.65. The molecule has 1 aliphatic rings. The first kappa shape index (κ1) is 17.3. The van der Waals surface area contributed by atoms with Gasteiger partial charge in [0.2, 0.25) is 17.7 Å². The Balaban J connectivity index is 2.06. The Hall–Kier alpha value is -2.02. The van der Waals surface area contributed by atoms with Crippen LogP contribution < -0.4 is 5.73 Å². The summed E-state index contributed by atoms with van der Waals surface area (Å²) >= 11 is 1.59. The predicted octanol–water partition coefficient (Wildman–Crippen LogP) is 1.06. The molecule has 1 aromatic rings. The van der Waals surface area contributed by atoms with Gasteiger partial charge in [0.25, 0.3) is 0 Å². The topological polar surface area (TPSA) is 83.7 Å². The van der Waals surface area contributed by atoms with Crippen molar-refractivity contribution in [3.05, 3.63) is 35.4 Å². The van der Waals surface area contributed by atoms with E-state index in [1.807, 2.05) is 6.07 Å². The molecule has 2 rings (SSSR count). The normalized spacial score (nSPS) is 17.1. The molecular formula is C16H21N3O3S. The molecule has 0 radical (unpaired) electrons. The lowest BCUT2D eigenvalue weighted by molar-refractivity contribution is -0.142. The minimum absolute atomic E-state index is 0.00234. The largest absolute Gasteiger partial charge is 0.366 e. The van der Waals surface area contributed by atoms with E-state index in [4.69, 9.17) is 5.73 Å². The van der Waals surface area contributed by atoms with Crippen molar-refractivity contribution in [1.29, 1.82) is 0 Å². The number of amides is 3. The Morgan fingerprint density at radius 1 is 1.39 bits per heavy atom. The highest BCUT2D eigenvalue weighted by molar-refractivity contribution is 7.99. The second-order valence-corrected chi connectivity index (χ2v) is 6.49. The van der Waals surface area contributed by atoms with Gasteiger partial charge in [-0.15, -0.1) is 11.8 Å². The van der Waals surface area contributed by atoms with E-state index >= 15 is 0 Å². The predicted molar refractivity (Wildman–Crippen MR) is 89.7 cm³/mol. The zero-order valence-electron chi connectivity index (χ0n) is 13.3. The van der Waals surface area contributed by atoms with Crippen LogP contribution in [0.4, 0.5) is 0 Å². The lowest BCUT2D eigenvalue weighted by Gasteiger charge is -2.27. The average Bonchev–Trinajstić information content (AvgIpc) is 3.03. The maximum absolute atomic E-state index is 12.6. The van der Waals surface area contributed by atoms with Crippen LogP contribution in [0.1, 0.15) is 29.3 Å². The summed E-state index contributed by atoms with van der Waals surface area (Å²) in [6.07, 6.45) is 0.398. The van der Waals surface area contributed by atoms with Gasteiger partial charge < -0.3 is 15.5 Å². The van der Waals surface area contributed by atoms with Crippen LogP contribution in [0.2, 0.25) is 0 Å². The molecule has 3 amide bonds. The van der Waals surface area contributed by atoms with E-state index in [0.717, 1.165) is 5.56 Å². The van der Waals surface area contributed by atoms with Crippen molar-refractivity contribution >= 4 is 29.5 Å². The van der Waals surface area contributed by atoms with Gasteiger partial charge in [-0.3, -0.25) is 14.4 Å². The number of rotatable bonds is 5. The zero-order chi connectivity index (χ0) is 17.0. The molecule has 0 bridgehead atoms. The molecule has 0 aromatic heterocycles. The maximum Gasteiger partial charge on any atom is 0.248 e. The van der Waals surface area contributed by atoms with Crippen LogP contribution in [0.25, 0.3) is 0 Å². The number of carbonyl (C=O) groups is 3. The molecule has 23 heavy (non-hydrogen) atoms. The van der Waals surface area contributed by atoms with Crippen LogP contribution in [-0.2, 0) is 16.1 Å². The molecule has 6 nitrogen and oxygen atoms in total. The van der Waals surface area contributed by atoms with Gasteiger partial charge in [-0.1, -0.05) is 19.1 Å². The van der Waals surface area contributed by atoms with E-state index in [9.17, 15) is 14.4 Å². The van der Waals surface area contributed by atoms with E-state index in [1.54, 1.807) is 53.7 Å². The van der Waals surface area contributed by atoms with Crippen LogP contribution in [0.5, 0.6) is 0 Å². The number of likely N-dealkylation sites (N-methyl/N-ethyl adjacent to an activating group) is 1. The Bertz CT molecular complexity index is 620. The highest BCUT2D eigenvalue weighted by Gasteiger charge is 2.35. The number of carbonyl (C=O) groups excluding carboxylic acids is 3. The third-order valence-electron chi connectivity index (χ3n) is 3.80. The Labute approximate surface area is 140 Å². The van der Waals surface area contributed by atoms with Crippen molar-refractivity contribution in [3.63, 3.8) is 0 Å². The Morgan fingerprint density at radius 3 is 2.78 bits per heavy atom. The number of benzene rings is 1. The highest BCUT2D eigenvalue weighted by Crippen LogP contribution is 2.23. The molecule has 1 heterocycles. The van der Waals surface area contributed by atoms with Crippen LogP contribution >= 0.6 is 11.8 Å². The summed E-state index contributed by atoms with van der Waals surface area (Å²) in [6.45, 7) is 2.17. The molecule has 0 saturated carbocycles. The zero-order valence-corrected chi connectivity index (χ0v) is 14.1. The highest BCUT2D eigenvalue weighted by atomic mass is 32.2. The molecule has 7 heteroatoms. The van der Waals surface area contributed by atoms with Gasteiger partial charge in [-0.05, 0) is 17.7 Å². The van der Waals surface area contributed by atoms with Gasteiger partial charge in [0, 0.05) is 31.3 Å². The summed E-state index contributed by atoms with van der Waals surface area (Å²) < 4.78 is 0. The van der Waals surface area contributed by atoms with E-state index < -0.39 is 11.9 Å². The standard InChI is InChI=1S/C16H21N3O3S/c1-3-14(20)19-10-23-9-13(19)16(22)18(2)8-11-5-4-6-12(7-11)15(17)21/h4-7,13H,3,8-10H2,1-2H3,(H2,17,21)/t13-/m1/s1. The van der Waals surface area contributed by atoms with Gasteiger partial charge in [0.15, 0.2) is 0 Å². The third kappa shape index (κ3) is 4.04. The molecule has 124 valence electrons. The number of hydrogen-bond acceptors (Lipinski definition) is 4. The average molecular weight is 335 g/mol. The van der Waals surface area contributed by atoms with Gasteiger partial charge in [-0.2, -0.15) is 0 Å². The Morgan fingerprint density at radius 2 is 2.13 bits per heavy atom. The lowest BCUT2D eigenvalue weighted by atomic mass is 10.1. The van der Waals surface area contributed by atoms with Crippen molar-refractivity contribution < 1.29 is 14.4 Å². The SMILES string of the molecule is CCC(=O)N1CSC[C@@H]1C(=O)N(C)Cc1cccc(C(N)=O)c1. The summed E-state index contributed by atoms with van der Waals surface area (Å²) in [5.41, 5.74) is 6.52. The summed E-state index contributed by atoms with van der Waals surface area (Å²) in [5, 5.41) is 0. The second kappa shape index (κ2) is 7.50. The van der Waals surface area contributed by atoms with Crippen molar-refractivity contribution in [2.45, 2.75) is 25.9 Å². The molecule has 1 aliphatic heterocycles. The van der Waals surface area contributed by atoms with E-state index in [-0.39, 0.29) is 11.8 Å². The third-order valence-corrected chi connectivity index (χ3v) is 4.81. The minimum atomic E-state index is -0.493. The molecule has 1 fully saturated rings. The molecule has 1 saturated heterocycles. The molecule has 1 atom stereocenters. The molecule has 0 spiro atoms. The molecule has 1 aromatic carbocycles. The fourth-order valence-electron chi connectivity index (χ4n) is 2.53. The lowest BCUT2D eigenvalue weighted by Crippen LogP contribution is -2.47. The first-order chi connectivity index (χ1) is 10.9. The first-order valence-electron chi connectivity index (χ1n) is 7.45. The number of hydrogen-bond donors (Lipinski definition) is 1. The van der Waals surface area contributed by atoms with E-state index in [2.05, 4.69) is 0 Å². The quantitative estimate of drug-likeness (QED) is 0.872. The first-order valence-corrected chi connectivity index (χ1v) is 8.60. The van der Waals surface area contributed by atoms with Crippen molar-refractivity contribution in [3.8, 4) is 0 Å². The minimum Gasteiger partial charge on any atom is -0.366 e. The number of thioether (sulfide) groups is 1. The van der Waals surface area contributed by atoms with E-state index in [1.165, 1.54) is 0 Å². The summed E-state index contributed by atoms with van der Waals surface area (Å²) in [4.78, 5) is 39.0. The summed E-state index contributed by atoms with van der Waals surface area (Å²) in [7, 11) is 1.71. The van der Waals surface area contributed by atoms with Gasteiger partial charge in [0.1, 0.15) is 6.04 Å². The summed E-state index contributed by atoms with van der Waals surface area (Å²) in [6, 6.07) is 6.50. The molecular weight excluding hydrogens is 314 g/mol. The van der Waals surface area contributed by atoms with E-state index in [0.29, 0.717) is 30.2 Å². The second-order valence-electron chi connectivity index (χ2n) is 5.49. The fraction of sp³-hybridized carbons (Fsp3) is 0.438. The smallest absolute Gasteiger partial charge is 0.248 e. The molecule has 2 N–H and O–H groups in total. The maximum atomic E-state index is 12.6. The van der Waals surface area contributed by atoms with Crippen molar-refractivity contribution in [1.82, 2.24) is 9.80 Å². The van der Waals surface area contributed by atoms with Crippen LogP contribution in [-0.4, -0.2) is 52.2 Å². The van der Waals surface area contributed by atoms with Crippen LogP contribution in [0.15, 0.2) is 24.3 Å².